The van der Waals surface area contributed by atoms with E-state index in [1.165, 1.54) is 12.1 Å². The monoisotopic (exact) mass is 400 g/mol. The molecular formula is C23H17FN4O2. The Morgan fingerprint density at radius 2 is 1.57 bits per heavy atom. The zero-order valence-corrected chi connectivity index (χ0v) is 15.8. The van der Waals surface area contributed by atoms with Crippen molar-refractivity contribution in [3.8, 4) is 0 Å². The van der Waals surface area contributed by atoms with Crippen molar-refractivity contribution in [3.05, 3.63) is 118 Å². The average molecular weight is 400 g/mol. The predicted molar refractivity (Wildman–Crippen MR) is 112 cm³/mol. The van der Waals surface area contributed by atoms with Gasteiger partial charge in [0.1, 0.15) is 11.5 Å². The number of hydrogen-bond acceptors (Lipinski definition) is 4. The van der Waals surface area contributed by atoms with Crippen molar-refractivity contribution in [2.45, 2.75) is 6.04 Å². The maximum atomic E-state index is 13.5. The second-order valence-corrected chi connectivity index (χ2v) is 6.61. The van der Waals surface area contributed by atoms with Crippen LogP contribution < -0.4 is 11.3 Å². The highest BCUT2D eigenvalue weighted by Crippen LogP contribution is 2.20. The molecule has 6 nitrogen and oxygen atoms in total. The minimum atomic E-state index is -1.19. The molecule has 2 aromatic heterocycles. The molecule has 0 aliphatic heterocycles. The Kier molecular flexibility index (Phi) is 5.17. The molecule has 30 heavy (non-hydrogen) atoms. The number of primary amides is 1. The van der Waals surface area contributed by atoms with Crippen molar-refractivity contribution in [2.75, 3.05) is 0 Å². The summed E-state index contributed by atoms with van der Waals surface area (Å²) < 4.78 is 14.5. The number of hydrogen-bond donors (Lipinski definition) is 1. The number of nitrogens with two attached hydrogens (primary N) is 1. The Hall–Kier alpha value is -4.13. The molecule has 1 unspecified atom stereocenters. The number of carbonyl (C=O) groups is 1. The maximum Gasteiger partial charge on any atom is 0.258 e. The fourth-order valence-electron chi connectivity index (χ4n) is 3.15. The van der Waals surface area contributed by atoms with E-state index >= 15 is 0 Å². The largest absolute Gasteiger partial charge is 0.367 e. The van der Waals surface area contributed by atoms with Crippen LogP contribution in [0.3, 0.4) is 0 Å². The normalized spacial score (nSPS) is 11.8. The predicted octanol–water partition coefficient (Wildman–Crippen LogP) is 2.90. The van der Waals surface area contributed by atoms with Gasteiger partial charge in [-0.25, -0.2) is 9.37 Å². The summed E-state index contributed by atoms with van der Waals surface area (Å²) in [6.45, 7) is 0. The van der Waals surface area contributed by atoms with E-state index in [2.05, 4.69) is 9.98 Å². The number of benzene rings is 2. The van der Waals surface area contributed by atoms with Crippen molar-refractivity contribution in [3.63, 3.8) is 0 Å². The Morgan fingerprint density at radius 1 is 0.967 bits per heavy atom. The Balaban J connectivity index is 1.90. The molecule has 0 bridgehead atoms. The zero-order valence-electron chi connectivity index (χ0n) is 15.8. The van der Waals surface area contributed by atoms with E-state index in [-0.39, 0.29) is 11.3 Å². The summed E-state index contributed by atoms with van der Waals surface area (Å²) in [5.41, 5.74) is 7.52. The van der Waals surface area contributed by atoms with Crippen LogP contribution >= 0.6 is 0 Å². The third kappa shape index (κ3) is 3.86. The summed E-state index contributed by atoms with van der Waals surface area (Å²) in [5, 5.41) is 0. The van der Waals surface area contributed by atoms with Gasteiger partial charge < -0.3 is 5.73 Å². The van der Waals surface area contributed by atoms with Gasteiger partial charge in [-0.05, 0) is 12.1 Å². The highest BCUT2D eigenvalue weighted by Gasteiger charge is 2.22. The van der Waals surface area contributed by atoms with E-state index < -0.39 is 23.3 Å². The van der Waals surface area contributed by atoms with E-state index in [1.54, 1.807) is 0 Å². The minimum absolute atomic E-state index is 0.100. The first-order chi connectivity index (χ1) is 14.5. The zero-order chi connectivity index (χ0) is 21.1. The van der Waals surface area contributed by atoms with E-state index in [0.29, 0.717) is 5.71 Å². The van der Waals surface area contributed by atoms with Gasteiger partial charge >= 0.3 is 0 Å². The highest BCUT2D eigenvalue weighted by atomic mass is 19.1. The van der Waals surface area contributed by atoms with Crippen LogP contribution in [0.5, 0.6) is 0 Å². The van der Waals surface area contributed by atoms with Gasteiger partial charge in [-0.3, -0.25) is 19.0 Å². The molecule has 148 valence electrons. The Labute approximate surface area is 171 Å². The quantitative estimate of drug-likeness (QED) is 0.523. The number of rotatable bonds is 5. The van der Waals surface area contributed by atoms with Gasteiger partial charge in [0.2, 0.25) is 5.91 Å². The van der Waals surface area contributed by atoms with Crippen LogP contribution in [-0.2, 0) is 4.79 Å². The van der Waals surface area contributed by atoms with Crippen molar-refractivity contribution < 1.29 is 9.18 Å². The van der Waals surface area contributed by atoms with E-state index in [9.17, 15) is 14.0 Å². The number of aliphatic imine (C=N–C) groups is 1. The molecule has 2 aromatic carbocycles. The number of carbonyl (C=O) groups excluding carboxylic acids is 1. The molecule has 0 fully saturated rings. The summed E-state index contributed by atoms with van der Waals surface area (Å²) >= 11 is 0. The van der Waals surface area contributed by atoms with Crippen LogP contribution in [0.25, 0.3) is 5.65 Å². The smallest absolute Gasteiger partial charge is 0.258 e. The summed E-state index contributed by atoms with van der Waals surface area (Å²) in [5.74, 6) is -1.32. The lowest BCUT2D eigenvalue weighted by Crippen LogP contribution is -2.25. The molecule has 0 spiro atoms. The molecule has 0 aliphatic carbocycles. The first-order valence-corrected chi connectivity index (χ1v) is 9.20. The third-order valence-electron chi connectivity index (χ3n) is 4.55. The van der Waals surface area contributed by atoms with E-state index in [4.69, 9.17) is 5.73 Å². The van der Waals surface area contributed by atoms with Crippen molar-refractivity contribution in [1.29, 1.82) is 0 Å². The molecule has 0 saturated carbocycles. The molecule has 2 N–H and O–H groups in total. The first kappa shape index (κ1) is 19.2. The van der Waals surface area contributed by atoms with Crippen LogP contribution in [0.4, 0.5) is 4.39 Å². The Morgan fingerprint density at radius 3 is 2.13 bits per heavy atom. The van der Waals surface area contributed by atoms with Crippen LogP contribution in [0.1, 0.15) is 22.9 Å². The number of nitrogens with zero attached hydrogens (tertiary/aromatic N) is 3. The standard InChI is InChI=1S/C23H17FN4O2/c24-17-11-12-19-26-18(13-20(29)28(19)14-17)22(23(25)30)27-21(15-7-3-1-4-8-15)16-9-5-2-6-10-16/h1-14,22H,(H2,25,30). The average Bonchev–Trinajstić information content (AvgIpc) is 2.76. The van der Waals surface area contributed by atoms with Gasteiger partial charge in [0.05, 0.1) is 11.4 Å². The molecule has 1 atom stereocenters. The molecule has 4 aromatic rings. The number of halogens is 1. The molecule has 0 aliphatic rings. The van der Waals surface area contributed by atoms with Crippen molar-refractivity contribution in [2.24, 2.45) is 10.7 Å². The van der Waals surface area contributed by atoms with Crippen LogP contribution in [0.2, 0.25) is 0 Å². The number of pyridine rings is 1. The van der Waals surface area contributed by atoms with Gasteiger partial charge in [-0.2, -0.15) is 0 Å². The Bertz CT molecular complexity index is 1260. The van der Waals surface area contributed by atoms with Gasteiger partial charge in [-0.1, -0.05) is 60.7 Å². The molecule has 0 radical (unpaired) electrons. The van der Waals surface area contributed by atoms with Crippen LogP contribution in [0.15, 0.2) is 94.8 Å². The molecular weight excluding hydrogens is 383 g/mol. The highest BCUT2D eigenvalue weighted by molar-refractivity contribution is 6.13. The van der Waals surface area contributed by atoms with Crippen LogP contribution in [-0.4, -0.2) is 21.0 Å². The molecule has 2 heterocycles. The number of amides is 1. The number of aromatic nitrogens is 2. The summed E-state index contributed by atoms with van der Waals surface area (Å²) in [7, 11) is 0. The van der Waals surface area contributed by atoms with Gasteiger partial charge in [0, 0.05) is 23.4 Å². The SMILES string of the molecule is NC(=O)C(N=C(c1ccccc1)c1ccccc1)c1cc(=O)n2cc(F)ccc2n1. The van der Waals surface area contributed by atoms with Gasteiger partial charge in [0.15, 0.2) is 6.04 Å². The second kappa shape index (κ2) is 8.08. The lowest BCUT2D eigenvalue weighted by Gasteiger charge is -2.14. The lowest BCUT2D eigenvalue weighted by atomic mass is 10.0. The van der Waals surface area contributed by atoms with E-state index in [1.807, 2.05) is 60.7 Å². The summed E-state index contributed by atoms with van der Waals surface area (Å²) in [4.78, 5) is 33.7. The molecule has 0 saturated heterocycles. The van der Waals surface area contributed by atoms with Gasteiger partial charge in [-0.15, -0.1) is 0 Å². The topological polar surface area (TPSA) is 89.8 Å². The lowest BCUT2D eigenvalue weighted by molar-refractivity contribution is -0.119. The van der Waals surface area contributed by atoms with Crippen LogP contribution in [0, 0.1) is 5.82 Å². The minimum Gasteiger partial charge on any atom is -0.367 e. The number of fused-ring (bicyclic) bond motifs is 1. The maximum absolute atomic E-state index is 13.5. The molecule has 4 rings (SSSR count). The summed E-state index contributed by atoms with van der Waals surface area (Å²) in [6.07, 6.45) is 1.04. The fraction of sp³-hybridized carbons (Fsp3) is 0.0435. The van der Waals surface area contributed by atoms with Gasteiger partial charge in [0.25, 0.3) is 5.56 Å². The van der Waals surface area contributed by atoms with Crippen molar-refractivity contribution in [1.82, 2.24) is 9.38 Å². The van der Waals surface area contributed by atoms with E-state index in [0.717, 1.165) is 27.8 Å². The third-order valence-corrected chi connectivity index (χ3v) is 4.55. The second-order valence-electron chi connectivity index (χ2n) is 6.61. The summed E-state index contributed by atoms with van der Waals surface area (Å²) in [6, 6.07) is 21.2. The molecule has 7 heteroatoms. The fourth-order valence-corrected chi connectivity index (χ4v) is 3.15. The first-order valence-electron chi connectivity index (χ1n) is 9.20. The molecule has 1 amide bonds. The van der Waals surface area contributed by atoms with Crippen molar-refractivity contribution >= 4 is 17.3 Å².